The molecule has 0 unspecified atom stereocenters. The summed E-state index contributed by atoms with van der Waals surface area (Å²) in [6.45, 7) is 7.30. The molecule has 2 amide bonds. The number of hydrogen-bond acceptors (Lipinski definition) is 3. The zero-order chi connectivity index (χ0) is 19.6. The molecule has 1 fully saturated rings. The van der Waals surface area contributed by atoms with Crippen LogP contribution in [0, 0.1) is 5.92 Å². The predicted molar refractivity (Wildman–Crippen MR) is 105 cm³/mol. The van der Waals surface area contributed by atoms with E-state index in [-0.39, 0.29) is 18.5 Å². The fourth-order valence-electron chi connectivity index (χ4n) is 3.74. The van der Waals surface area contributed by atoms with Crippen molar-refractivity contribution < 1.29 is 14.3 Å². The lowest BCUT2D eigenvalue weighted by Crippen LogP contribution is -2.42. The van der Waals surface area contributed by atoms with Crippen LogP contribution in [0.4, 0.5) is 4.79 Å². The lowest BCUT2D eigenvalue weighted by molar-refractivity contribution is -0.118. The minimum Gasteiger partial charge on any atom is -0.444 e. The molecule has 146 valence electrons. The van der Waals surface area contributed by atoms with Crippen LogP contribution in [0.15, 0.2) is 30.5 Å². The molecule has 1 aliphatic rings. The van der Waals surface area contributed by atoms with Crippen molar-refractivity contribution in [2.75, 3.05) is 13.1 Å². The summed E-state index contributed by atoms with van der Waals surface area (Å²) in [5.74, 6) is 0.171. The molecule has 1 saturated heterocycles. The number of amides is 2. The number of carbonyl (C=O) groups excluding carboxylic acids is 2. The SMILES string of the molecule is CC(C)(C)OC(=O)N1CCC(Cc2cn(CC(N)=O)c3ccccc23)CC1. The Morgan fingerprint density at radius 1 is 1.19 bits per heavy atom. The van der Waals surface area contributed by atoms with Crippen LogP contribution in [0.3, 0.4) is 0 Å². The topological polar surface area (TPSA) is 77.6 Å². The molecule has 0 aliphatic carbocycles. The average Bonchev–Trinajstić information content (AvgIpc) is 2.91. The summed E-state index contributed by atoms with van der Waals surface area (Å²) >= 11 is 0. The van der Waals surface area contributed by atoms with Crippen molar-refractivity contribution in [3.8, 4) is 0 Å². The van der Waals surface area contributed by atoms with Gasteiger partial charge in [0.15, 0.2) is 0 Å². The van der Waals surface area contributed by atoms with Gasteiger partial charge < -0.3 is 19.9 Å². The molecule has 6 nitrogen and oxygen atoms in total. The second-order valence-corrected chi connectivity index (χ2v) is 8.38. The minimum absolute atomic E-state index is 0.192. The number of carbonyl (C=O) groups is 2. The molecule has 0 spiro atoms. The molecule has 1 aromatic carbocycles. The zero-order valence-corrected chi connectivity index (χ0v) is 16.4. The summed E-state index contributed by atoms with van der Waals surface area (Å²) in [6, 6.07) is 8.11. The number of rotatable bonds is 4. The number of benzene rings is 1. The first-order valence-corrected chi connectivity index (χ1v) is 9.56. The van der Waals surface area contributed by atoms with E-state index in [9.17, 15) is 9.59 Å². The molecule has 0 saturated carbocycles. The molecule has 2 aromatic rings. The van der Waals surface area contributed by atoms with Gasteiger partial charge in [-0.2, -0.15) is 0 Å². The van der Waals surface area contributed by atoms with Crippen molar-refractivity contribution in [2.24, 2.45) is 11.7 Å². The van der Waals surface area contributed by atoms with Gasteiger partial charge in [-0.05, 0) is 57.6 Å². The van der Waals surface area contributed by atoms with E-state index in [1.54, 1.807) is 4.90 Å². The fraction of sp³-hybridized carbons (Fsp3) is 0.524. The Balaban J connectivity index is 1.66. The number of likely N-dealkylation sites (tertiary alicyclic amines) is 1. The summed E-state index contributed by atoms with van der Waals surface area (Å²) in [7, 11) is 0. The maximum Gasteiger partial charge on any atom is 0.410 e. The van der Waals surface area contributed by atoms with E-state index in [2.05, 4.69) is 12.3 Å². The van der Waals surface area contributed by atoms with Crippen LogP contribution in [0.1, 0.15) is 39.2 Å². The van der Waals surface area contributed by atoms with E-state index in [1.165, 1.54) is 10.9 Å². The van der Waals surface area contributed by atoms with E-state index in [4.69, 9.17) is 10.5 Å². The first-order valence-electron chi connectivity index (χ1n) is 9.56. The molecule has 3 rings (SSSR count). The standard InChI is InChI=1S/C21H29N3O3/c1-21(2,3)27-20(26)23-10-8-15(9-11-23)12-16-13-24(14-19(22)25)18-7-5-4-6-17(16)18/h4-7,13,15H,8-12,14H2,1-3H3,(H2,22,25). The van der Waals surface area contributed by atoms with Crippen molar-refractivity contribution in [3.05, 3.63) is 36.0 Å². The molecule has 1 aromatic heterocycles. The van der Waals surface area contributed by atoms with Crippen molar-refractivity contribution in [3.63, 3.8) is 0 Å². The molecule has 27 heavy (non-hydrogen) atoms. The van der Waals surface area contributed by atoms with Crippen molar-refractivity contribution >= 4 is 22.9 Å². The second-order valence-electron chi connectivity index (χ2n) is 8.38. The Morgan fingerprint density at radius 2 is 1.85 bits per heavy atom. The number of hydrogen-bond donors (Lipinski definition) is 1. The maximum atomic E-state index is 12.2. The zero-order valence-electron chi connectivity index (χ0n) is 16.4. The third kappa shape index (κ3) is 4.81. The second kappa shape index (κ2) is 7.62. The van der Waals surface area contributed by atoms with Gasteiger partial charge in [-0.25, -0.2) is 4.79 Å². The molecule has 1 aliphatic heterocycles. The minimum atomic E-state index is -0.462. The van der Waals surface area contributed by atoms with Crippen LogP contribution in [-0.4, -0.2) is 40.2 Å². The van der Waals surface area contributed by atoms with Gasteiger partial charge in [0.05, 0.1) is 0 Å². The van der Waals surface area contributed by atoms with Crippen LogP contribution in [0.5, 0.6) is 0 Å². The molecular weight excluding hydrogens is 342 g/mol. The van der Waals surface area contributed by atoms with E-state index in [0.29, 0.717) is 5.92 Å². The van der Waals surface area contributed by atoms with Crippen LogP contribution >= 0.6 is 0 Å². The van der Waals surface area contributed by atoms with Gasteiger partial charge in [0.25, 0.3) is 0 Å². The summed E-state index contributed by atoms with van der Waals surface area (Å²) in [5, 5.41) is 1.17. The number of nitrogens with two attached hydrogens (primary N) is 1. The third-order valence-electron chi connectivity index (χ3n) is 4.97. The lowest BCUT2D eigenvalue weighted by Gasteiger charge is -2.33. The van der Waals surface area contributed by atoms with Crippen LogP contribution < -0.4 is 5.73 Å². The van der Waals surface area contributed by atoms with Gasteiger partial charge in [0.2, 0.25) is 5.91 Å². The number of primary amides is 1. The van der Waals surface area contributed by atoms with Gasteiger partial charge in [0, 0.05) is 30.2 Å². The smallest absolute Gasteiger partial charge is 0.410 e. The summed E-state index contributed by atoms with van der Waals surface area (Å²) in [4.78, 5) is 25.4. The molecule has 0 radical (unpaired) electrons. The monoisotopic (exact) mass is 371 g/mol. The summed E-state index contributed by atoms with van der Waals surface area (Å²) in [5.41, 5.74) is 7.20. The van der Waals surface area contributed by atoms with E-state index in [0.717, 1.165) is 37.9 Å². The van der Waals surface area contributed by atoms with Crippen LogP contribution in [-0.2, 0) is 22.5 Å². The van der Waals surface area contributed by atoms with Gasteiger partial charge in [-0.1, -0.05) is 18.2 Å². The quantitative estimate of drug-likeness (QED) is 0.895. The molecule has 0 bridgehead atoms. The molecule has 0 atom stereocenters. The van der Waals surface area contributed by atoms with Gasteiger partial charge in [-0.15, -0.1) is 0 Å². The Bertz CT molecular complexity index is 827. The summed E-state index contributed by atoms with van der Waals surface area (Å²) < 4.78 is 7.40. The number of aromatic nitrogens is 1. The average molecular weight is 371 g/mol. The highest BCUT2D eigenvalue weighted by molar-refractivity contribution is 5.86. The number of fused-ring (bicyclic) bond motifs is 1. The Labute approximate surface area is 160 Å². The Morgan fingerprint density at radius 3 is 2.48 bits per heavy atom. The highest BCUT2D eigenvalue weighted by Gasteiger charge is 2.27. The van der Waals surface area contributed by atoms with Crippen LogP contribution in [0.2, 0.25) is 0 Å². The van der Waals surface area contributed by atoms with Crippen molar-refractivity contribution in [2.45, 2.75) is 52.2 Å². The third-order valence-corrected chi connectivity index (χ3v) is 4.97. The van der Waals surface area contributed by atoms with Crippen molar-refractivity contribution in [1.29, 1.82) is 0 Å². The number of nitrogens with zero attached hydrogens (tertiary/aromatic N) is 2. The van der Waals surface area contributed by atoms with Gasteiger partial charge in [-0.3, -0.25) is 4.79 Å². The first-order chi connectivity index (χ1) is 12.7. The molecule has 6 heteroatoms. The van der Waals surface area contributed by atoms with E-state index < -0.39 is 5.60 Å². The van der Waals surface area contributed by atoms with E-state index in [1.807, 2.05) is 43.5 Å². The number of ether oxygens (including phenoxy) is 1. The molecule has 2 heterocycles. The number of piperidine rings is 1. The highest BCUT2D eigenvalue weighted by Crippen LogP contribution is 2.28. The van der Waals surface area contributed by atoms with Crippen molar-refractivity contribution in [1.82, 2.24) is 9.47 Å². The largest absolute Gasteiger partial charge is 0.444 e. The molecule has 2 N–H and O–H groups in total. The lowest BCUT2D eigenvalue weighted by atomic mass is 9.90. The van der Waals surface area contributed by atoms with E-state index >= 15 is 0 Å². The highest BCUT2D eigenvalue weighted by atomic mass is 16.6. The summed E-state index contributed by atoms with van der Waals surface area (Å²) in [6.07, 6.45) is 4.67. The van der Waals surface area contributed by atoms with Crippen LogP contribution in [0.25, 0.3) is 10.9 Å². The fourth-order valence-corrected chi connectivity index (χ4v) is 3.74. The van der Waals surface area contributed by atoms with Gasteiger partial charge >= 0.3 is 6.09 Å². The number of para-hydroxylation sites is 1. The predicted octanol–water partition coefficient (Wildman–Crippen LogP) is 3.32. The Kier molecular flexibility index (Phi) is 5.44. The normalized spacial score (nSPS) is 15.9. The van der Waals surface area contributed by atoms with Gasteiger partial charge in [0.1, 0.15) is 12.1 Å². The Hall–Kier alpha value is -2.50. The maximum absolute atomic E-state index is 12.2. The molecular formula is C21H29N3O3. The first kappa shape index (κ1) is 19.3.